The number of rotatable bonds is 6. The molecule has 0 aliphatic rings. The van der Waals surface area contributed by atoms with Crippen molar-refractivity contribution in [1.29, 1.82) is 0 Å². The second-order valence-corrected chi connectivity index (χ2v) is 6.42. The van der Waals surface area contributed by atoms with Gasteiger partial charge in [0.2, 0.25) is 0 Å². The predicted octanol–water partition coefficient (Wildman–Crippen LogP) is 3.48. The lowest BCUT2D eigenvalue weighted by Crippen LogP contribution is -2.23. The third-order valence-electron chi connectivity index (χ3n) is 3.96. The molecule has 3 aromatic rings. The number of nitrogens with zero attached hydrogens (tertiary/aromatic N) is 1. The van der Waals surface area contributed by atoms with Crippen LogP contribution in [0.25, 0.3) is 11.3 Å². The van der Waals surface area contributed by atoms with Gasteiger partial charge in [-0.15, -0.1) is 0 Å². The minimum absolute atomic E-state index is 0.223. The van der Waals surface area contributed by atoms with E-state index in [2.05, 4.69) is 9.69 Å². The van der Waals surface area contributed by atoms with Gasteiger partial charge in [0, 0.05) is 17.7 Å². The van der Waals surface area contributed by atoms with Crippen LogP contribution in [0, 0.1) is 5.82 Å². The molecule has 8 heteroatoms. The van der Waals surface area contributed by atoms with E-state index in [1.165, 1.54) is 12.1 Å². The molecule has 0 bridgehead atoms. The van der Waals surface area contributed by atoms with Crippen molar-refractivity contribution in [1.82, 2.24) is 9.69 Å². The van der Waals surface area contributed by atoms with Crippen molar-refractivity contribution in [2.45, 2.75) is 6.54 Å². The van der Waals surface area contributed by atoms with Gasteiger partial charge in [-0.25, -0.2) is 4.39 Å². The number of nitrogens with one attached hydrogen (secondary N) is 1. The van der Waals surface area contributed by atoms with Gasteiger partial charge >= 0.3 is 0 Å². The number of nitrogens with two attached hydrogens (primary N) is 1. The number of aromatic nitrogens is 1. The summed E-state index contributed by atoms with van der Waals surface area (Å²) in [7, 11) is 3.12. The molecular weight excluding hydrogens is 369 g/mol. The lowest BCUT2D eigenvalue weighted by Gasteiger charge is -2.11. The molecule has 6 nitrogen and oxygen atoms in total. The summed E-state index contributed by atoms with van der Waals surface area (Å²) in [4.78, 5) is 12.8. The van der Waals surface area contributed by atoms with Gasteiger partial charge in [0.25, 0.3) is 5.91 Å². The number of amides is 1. The van der Waals surface area contributed by atoms with Crippen molar-refractivity contribution < 1.29 is 18.7 Å². The van der Waals surface area contributed by atoms with Crippen LogP contribution < -0.4 is 20.5 Å². The van der Waals surface area contributed by atoms with Crippen molar-refractivity contribution in [3.8, 4) is 22.8 Å². The maximum absolute atomic E-state index is 13.4. The number of benzene rings is 2. The number of hydrogen-bond acceptors (Lipinski definition) is 6. The van der Waals surface area contributed by atoms with E-state index >= 15 is 0 Å². The predicted molar refractivity (Wildman–Crippen MR) is 103 cm³/mol. The van der Waals surface area contributed by atoms with Gasteiger partial charge in [-0.2, -0.15) is 4.37 Å². The van der Waals surface area contributed by atoms with E-state index < -0.39 is 5.82 Å². The molecular formula is C19H18FN3O3S. The maximum atomic E-state index is 13.4. The normalized spacial score (nSPS) is 10.5. The number of carbonyl (C=O) groups excluding carboxylic acids is 1. The summed E-state index contributed by atoms with van der Waals surface area (Å²) < 4.78 is 28.1. The Hall–Kier alpha value is -3.13. The standard InChI is InChI=1S/C19H18FN3O3S/c1-25-14-6-7-15(26-2)12(9-14)10-22-19(24)18-16(21)17(23-27-18)11-4-3-5-13(20)8-11/h3-9H,10,21H2,1-2H3,(H,22,24). The molecule has 0 radical (unpaired) electrons. The van der Waals surface area contributed by atoms with E-state index in [9.17, 15) is 9.18 Å². The van der Waals surface area contributed by atoms with Crippen LogP contribution in [0.1, 0.15) is 15.2 Å². The largest absolute Gasteiger partial charge is 0.497 e. The van der Waals surface area contributed by atoms with Crippen LogP contribution in [0.3, 0.4) is 0 Å². The summed E-state index contributed by atoms with van der Waals surface area (Å²) >= 11 is 0.972. The third kappa shape index (κ3) is 4.01. The summed E-state index contributed by atoms with van der Waals surface area (Å²) in [5.74, 6) is 0.535. The summed E-state index contributed by atoms with van der Waals surface area (Å²) in [5.41, 5.74) is 7.98. The second-order valence-electron chi connectivity index (χ2n) is 5.64. The van der Waals surface area contributed by atoms with E-state index in [1.807, 2.05) is 0 Å². The zero-order valence-corrected chi connectivity index (χ0v) is 15.6. The van der Waals surface area contributed by atoms with Gasteiger partial charge in [-0.05, 0) is 41.9 Å². The van der Waals surface area contributed by atoms with E-state index in [0.29, 0.717) is 22.8 Å². The van der Waals surface area contributed by atoms with Gasteiger partial charge < -0.3 is 20.5 Å². The van der Waals surface area contributed by atoms with Crippen LogP contribution in [-0.4, -0.2) is 24.5 Å². The number of halogens is 1. The second kappa shape index (κ2) is 8.05. The van der Waals surface area contributed by atoms with Crippen LogP contribution in [-0.2, 0) is 6.54 Å². The van der Waals surface area contributed by atoms with E-state index in [4.69, 9.17) is 15.2 Å². The summed E-state index contributed by atoms with van der Waals surface area (Å²) in [6, 6.07) is 11.2. The lowest BCUT2D eigenvalue weighted by molar-refractivity contribution is 0.0955. The van der Waals surface area contributed by atoms with Crippen LogP contribution in [0.15, 0.2) is 42.5 Å². The van der Waals surface area contributed by atoms with Gasteiger partial charge in [0.1, 0.15) is 27.9 Å². The van der Waals surface area contributed by atoms with E-state index in [-0.39, 0.29) is 23.0 Å². The Bertz CT molecular complexity index is 975. The Labute approximate surface area is 159 Å². The monoisotopic (exact) mass is 387 g/mol. The first kappa shape index (κ1) is 18.7. The number of carbonyl (C=O) groups is 1. The smallest absolute Gasteiger partial charge is 0.265 e. The summed E-state index contributed by atoms with van der Waals surface area (Å²) in [6.07, 6.45) is 0. The van der Waals surface area contributed by atoms with Crippen LogP contribution in [0.2, 0.25) is 0 Å². The minimum atomic E-state index is -0.393. The van der Waals surface area contributed by atoms with Crippen molar-refractivity contribution in [3.05, 3.63) is 58.7 Å². The maximum Gasteiger partial charge on any atom is 0.265 e. The van der Waals surface area contributed by atoms with Crippen LogP contribution >= 0.6 is 11.5 Å². The number of nitrogen functional groups attached to an aromatic ring is 1. The fraction of sp³-hybridized carbons (Fsp3) is 0.158. The third-order valence-corrected chi connectivity index (χ3v) is 4.82. The topological polar surface area (TPSA) is 86.5 Å². The Kier molecular flexibility index (Phi) is 5.56. The van der Waals surface area contributed by atoms with Crippen molar-refractivity contribution in [3.63, 3.8) is 0 Å². The van der Waals surface area contributed by atoms with Crippen LogP contribution in [0.4, 0.5) is 10.1 Å². The van der Waals surface area contributed by atoms with Gasteiger partial charge in [-0.3, -0.25) is 4.79 Å². The quantitative estimate of drug-likeness (QED) is 0.676. The molecule has 140 valence electrons. The van der Waals surface area contributed by atoms with Gasteiger partial charge in [-0.1, -0.05) is 12.1 Å². The minimum Gasteiger partial charge on any atom is -0.497 e. The molecule has 1 heterocycles. The molecule has 0 aliphatic heterocycles. The highest BCUT2D eigenvalue weighted by atomic mass is 32.1. The molecule has 0 saturated heterocycles. The highest BCUT2D eigenvalue weighted by Crippen LogP contribution is 2.31. The number of methoxy groups -OCH3 is 2. The molecule has 0 atom stereocenters. The molecule has 3 N–H and O–H groups in total. The van der Waals surface area contributed by atoms with E-state index in [0.717, 1.165) is 17.1 Å². The Morgan fingerprint density at radius 2 is 2.04 bits per heavy atom. The van der Waals surface area contributed by atoms with Gasteiger partial charge in [0.15, 0.2) is 0 Å². The average Bonchev–Trinajstić information content (AvgIpc) is 3.07. The molecule has 3 rings (SSSR count). The molecule has 0 aliphatic carbocycles. The van der Waals surface area contributed by atoms with Crippen molar-refractivity contribution in [2.24, 2.45) is 0 Å². The first-order valence-corrected chi connectivity index (χ1v) is 8.81. The molecule has 0 fully saturated rings. The zero-order chi connectivity index (χ0) is 19.4. The highest BCUT2D eigenvalue weighted by Gasteiger charge is 2.19. The molecule has 0 spiro atoms. The summed E-state index contributed by atoms with van der Waals surface area (Å²) in [6.45, 7) is 0.228. The Morgan fingerprint density at radius 3 is 2.74 bits per heavy atom. The van der Waals surface area contributed by atoms with Crippen LogP contribution in [0.5, 0.6) is 11.5 Å². The zero-order valence-electron chi connectivity index (χ0n) is 14.8. The summed E-state index contributed by atoms with van der Waals surface area (Å²) in [5, 5.41) is 2.80. The molecule has 1 amide bonds. The number of anilines is 1. The molecule has 27 heavy (non-hydrogen) atoms. The first-order valence-electron chi connectivity index (χ1n) is 8.03. The fourth-order valence-corrected chi connectivity index (χ4v) is 3.32. The molecule has 1 aromatic heterocycles. The molecule has 2 aromatic carbocycles. The molecule has 0 unspecified atom stereocenters. The van der Waals surface area contributed by atoms with Gasteiger partial charge in [0.05, 0.1) is 19.9 Å². The molecule has 0 saturated carbocycles. The highest BCUT2D eigenvalue weighted by molar-refractivity contribution is 7.09. The fourth-order valence-electron chi connectivity index (χ4n) is 2.58. The van der Waals surface area contributed by atoms with E-state index in [1.54, 1.807) is 44.6 Å². The SMILES string of the molecule is COc1ccc(OC)c(CNC(=O)c2snc(-c3cccc(F)c3)c2N)c1. The Balaban J connectivity index is 1.78. The average molecular weight is 387 g/mol. The first-order chi connectivity index (χ1) is 13.0. The van der Waals surface area contributed by atoms with Crippen molar-refractivity contribution in [2.75, 3.05) is 20.0 Å². The Morgan fingerprint density at radius 1 is 1.22 bits per heavy atom. The number of ether oxygens (including phenoxy) is 2. The lowest BCUT2D eigenvalue weighted by atomic mass is 10.1. The van der Waals surface area contributed by atoms with Crippen molar-refractivity contribution >= 4 is 23.1 Å². The number of hydrogen-bond donors (Lipinski definition) is 2.